The molecule has 0 radical (unpaired) electrons. The van der Waals surface area contributed by atoms with Crippen molar-refractivity contribution < 1.29 is 9.59 Å². The van der Waals surface area contributed by atoms with Gasteiger partial charge in [0.2, 0.25) is 11.8 Å². The van der Waals surface area contributed by atoms with Crippen molar-refractivity contribution in [2.45, 2.75) is 19.4 Å². The Morgan fingerprint density at radius 3 is 2.57 bits per heavy atom. The van der Waals surface area contributed by atoms with Crippen LogP contribution in [0.4, 0.5) is 0 Å². The number of pyridine rings is 1. The third kappa shape index (κ3) is 4.74. The molecule has 30 heavy (non-hydrogen) atoms. The minimum absolute atomic E-state index is 0.0222. The van der Waals surface area contributed by atoms with Crippen molar-refractivity contribution in [3.63, 3.8) is 0 Å². The molecule has 1 aliphatic heterocycles. The van der Waals surface area contributed by atoms with Crippen LogP contribution in [0, 0.1) is 5.92 Å². The van der Waals surface area contributed by atoms with Gasteiger partial charge in [0.05, 0.1) is 5.52 Å². The van der Waals surface area contributed by atoms with E-state index in [0.29, 0.717) is 32.5 Å². The van der Waals surface area contributed by atoms with Crippen LogP contribution in [0.15, 0.2) is 72.9 Å². The van der Waals surface area contributed by atoms with Gasteiger partial charge in [-0.25, -0.2) is 0 Å². The van der Waals surface area contributed by atoms with Crippen LogP contribution in [-0.4, -0.2) is 34.8 Å². The van der Waals surface area contributed by atoms with E-state index in [9.17, 15) is 9.59 Å². The van der Waals surface area contributed by atoms with E-state index in [1.165, 1.54) is 0 Å². The number of carbonyl (C=O) groups is 2. The van der Waals surface area contributed by atoms with Gasteiger partial charge in [0.15, 0.2) is 0 Å². The zero-order valence-electron chi connectivity index (χ0n) is 16.8. The maximum absolute atomic E-state index is 12.6. The van der Waals surface area contributed by atoms with Crippen LogP contribution in [0.3, 0.4) is 0 Å². The summed E-state index contributed by atoms with van der Waals surface area (Å²) in [6, 6.07) is 19.7. The maximum atomic E-state index is 12.6. The summed E-state index contributed by atoms with van der Waals surface area (Å²) in [4.78, 5) is 31.3. The summed E-state index contributed by atoms with van der Waals surface area (Å²) >= 11 is 0. The number of aromatic nitrogens is 1. The summed E-state index contributed by atoms with van der Waals surface area (Å²) in [7, 11) is 0. The Bertz CT molecular complexity index is 1050. The van der Waals surface area contributed by atoms with Gasteiger partial charge in [0.1, 0.15) is 0 Å². The van der Waals surface area contributed by atoms with Gasteiger partial charge in [-0.3, -0.25) is 14.6 Å². The Hall–Kier alpha value is -3.47. The molecule has 1 N–H and O–H groups in total. The van der Waals surface area contributed by atoms with E-state index in [4.69, 9.17) is 0 Å². The maximum Gasteiger partial charge on any atom is 0.246 e. The summed E-state index contributed by atoms with van der Waals surface area (Å²) < 4.78 is 0. The molecule has 0 bridgehead atoms. The Morgan fingerprint density at radius 2 is 1.77 bits per heavy atom. The highest BCUT2D eigenvalue weighted by molar-refractivity contribution is 5.95. The van der Waals surface area contributed by atoms with Gasteiger partial charge in [0, 0.05) is 48.8 Å². The van der Waals surface area contributed by atoms with Crippen molar-refractivity contribution >= 4 is 28.8 Å². The van der Waals surface area contributed by atoms with E-state index in [-0.39, 0.29) is 17.7 Å². The van der Waals surface area contributed by atoms with Crippen LogP contribution in [0.25, 0.3) is 17.0 Å². The molecule has 1 aliphatic rings. The SMILES string of the molecule is O=C(NCc1ccccc1)C1CCN(C(=O)C=Cc2cccc3cccnc23)CC1. The van der Waals surface area contributed by atoms with Crippen molar-refractivity contribution in [3.8, 4) is 0 Å². The van der Waals surface area contributed by atoms with Crippen molar-refractivity contribution in [2.24, 2.45) is 5.92 Å². The topological polar surface area (TPSA) is 62.3 Å². The number of nitrogens with zero attached hydrogens (tertiary/aromatic N) is 2. The number of carbonyl (C=O) groups excluding carboxylic acids is 2. The van der Waals surface area contributed by atoms with Crippen molar-refractivity contribution in [3.05, 3.63) is 84.1 Å². The van der Waals surface area contributed by atoms with Crippen LogP contribution < -0.4 is 5.32 Å². The van der Waals surface area contributed by atoms with Crippen LogP contribution in [0.5, 0.6) is 0 Å². The first kappa shape index (κ1) is 19.8. The molecule has 0 spiro atoms. The van der Waals surface area contributed by atoms with E-state index < -0.39 is 0 Å². The average molecular weight is 399 g/mol. The molecular weight excluding hydrogens is 374 g/mol. The lowest BCUT2D eigenvalue weighted by atomic mass is 9.95. The molecule has 3 aromatic rings. The molecule has 0 aliphatic carbocycles. The molecule has 1 fully saturated rings. The third-order valence-corrected chi connectivity index (χ3v) is 5.56. The van der Waals surface area contributed by atoms with E-state index >= 15 is 0 Å². The lowest BCUT2D eigenvalue weighted by molar-refractivity contribution is -0.132. The highest BCUT2D eigenvalue weighted by Crippen LogP contribution is 2.20. The van der Waals surface area contributed by atoms with E-state index in [1.807, 2.05) is 71.6 Å². The first-order valence-electron chi connectivity index (χ1n) is 10.3. The third-order valence-electron chi connectivity index (χ3n) is 5.56. The van der Waals surface area contributed by atoms with Gasteiger partial charge in [-0.2, -0.15) is 0 Å². The van der Waals surface area contributed by atoms with Gasteiger partial charge < -0.3 is 10.2 Å². The number of rotatable bonds is 5. The summed E-state index contributed by atoms with van der Waals surface area (Å²) in [5, 5.41) is 4.06. The molecular formula is C25H25N3O2. The number of fused-ring (bicyclic) bond motifs is 1. The fraction of sp³-hybridized carbons (Fsp3) is 0.240. The second kappa shape index (κ2) is 9.35. The fourth-order valence-electron chi connectivity index (χ4n) is 3.82. The number of para-hydroxylation sites is 1. The molecule has 0 saturated carbocycles. The first-order valence-corrected chi connectivity index (χ1v) is 10.3. The summed E-state index contributed by atoms with van der Waals surface area (Å²) in [5.41, 5.74) is 2.90. The Balaban J connectivity index is 1.30. The molecule has 0 unspecified atom stereocenters. The van der Waals surface area contributed by atoms with Gasteiger partial charge >= 0.3 is 0 Å². The quantitative estimate of drug-likeness (QED) is 0.664. The van der Waals surface area contributed by atoms with Crippen LogP contribution in [0.1, 0.15) is 24.0 Å². The highest BCUT2D eigenvalue weighted by atomic mass is 16.2. The normalized spacial score (nSPS) is 14.9. The summed E-state index contributed by atoms with van der Waals surface area (Å²) in [6.45, 7) is 1.74. The molecule has 4 rings (SSSR count). The molecule has 2 aromatic carbocycles. The van der Waals surface area contributed by atoms with Gasteiger partial charge in [0.25, 0.3) is 0 Å². The number of hydrogen-bond acceptors (Lipinski definition) is 3. The molecule has 152 valence electrons. The van der Waals surface area contributed by atoms with Crippen LogP contribution >= 0.6 is 0 Å². The molecule has 0 atom stereocenters. The predicted molar refractivity (Wildman–Crippen MR) is 118 cm³/mol. The number of nitrogens with one attached hydrogen (secondary N) is 1. The molecule has 2 heterocycles. The number of piperidine rings is 1. The zero-order valence-corrected chi connectivity index (χ0v) is 16.8. The minimum Gasteiger partial charge on any atom is -0.352 e. The monoisotopic (exact) mass is 399 g/mol. The highest BCUT2D eigenvalue weighted by Gasteiger charge is 2.26. The van der Waals surface area contributed by atoms with Crippen molar-refractivity contribution in [1.82, 2.24) is 15.2 Å². The number of likely N-dealkylation sites (tertiary alicyclic amines) is 1. The summed E-state index contributed by atoms with van der Waals surface area (Å²) in [5.74, 6) is 0.0124. The van der Waals surface area contributed by atoms with E-state index in [2.05, 4.69) is 10.3 Å². The number of hydrogen-bond donors (Lipinski definition) is 1. The van der Waals surface area contributed by atoms with Gasteiger partial charge in [-0.05, 0) is 30.5 Å². The smallest absolute Gasteiger partial charge is 0.246 e. The molecule has 2 amide bonds. The average Bonchev–Trinajstić information content (AvgIpc) is 2.81. The predicted octanol–water partition coefficient (Wildman–Crippen LogP) is 3.80. The van der Waals surface area contributed by atoms with E-state index in [0.717, 1.165) is 22.0 Å². The van der Waals surface area contributed by atoms with Gasteiger partial charge in [-0.15, -0.1) is 0 Å². The largest absolute Gasteiger partial charge is 0.352 e. The Morgan fingerprint density at radius 1 is 1.00 bits per heavy atom. The summed E-state index contributed by atoms with van der Waals surface area (Å²) in [6.07, 6.45) is 6.58. The number of amides is 2. The van der Waals surface area contributed by atoms with Crippen LogP contribution in [-0.2, 0) is 16.1 Å². The lowest BCUT2D eigenvalue weighted by Gasteiger charge is -2.30. The van der Waals surface area contributed by atoms with Gasteiger partial charge in [-0.1, -0.05) is 54.6 Å². The first-order chi connectivity index (χ1) is 14.7. The number of benzene rings is 2. The molecule has 5 nitrogen and oxygen atoms in total. The standard InChI is InChI=1S/C25H25N3O2/c29-23(12-11-21-9-4-8-20-10-5-15-26-24(20)21)28-16-13-22(14-17-28)25(30)27-18-19-6-2-1-3-7-19/h1-12,15,22H,13-14,16-18H2,(H,27,30). The van der Waals surface area contributed by atoms with Crippen molar-refractivity contribution in [1.29, 1.82) is 0 Å². The molecule has 1 aromatic heterocycles. The molecule has 5 heteroatoms. The second-order valence-electron chi connectivity index (χ2n) is 7.56. The van der Waals surface area contributed by atoms with Crippen LogP contribution in [0.2, 0.25) is 0 Å². The fourth-order valence-corrected chi connectivity index (χ4v) is 3.82. The minimum atomic E-state index is -0.0380. The van der Waals surface area contributed by atoms with E-state index in [1.54, 1.807) is 12.3 Å². The zero-order chi connectivity index (χ0) is 20.8. The molecule has 1 saturated heterocycles. The van der Waals surface area contributed by atoms with Crippen molar-refractivity contribution in [2.75, 3.05) is 13.1 Å². The Kier molecular flexibility index (Phi) is 6.18. The lowest BCUT2D eigenvalue weighted by Crippen LogP contribution is -2.42. The Labute approximate surface area is 176 Å². The second-order valence-corrected chi connectivity index (χ2v) is 7.56.